The van der Waals surface area contributed by atoms with Crippen LogP contribution in [0, 0.1) is 11.8 Å². The molecule has 0 aromatic carbocycles. The smallest absolute Gasteiger partial charge is 0.227 e. The van der Waals surface area contributed by atoms with Gasteiger partial charge in [-0.1, -0.05) is 0 Å². The Morgan fingerprint density at radius 2 is 1.93 bits per heavy atom. The van der Waals surface area contributed by atoms with Crippen molar-refractivity contribution < 1.29 is 14.6 Å². The summed E-state index contributed by atoms with van der Waals surface area (Å²) in [6, 6.07) is 2.04. The number of rotatable bonds is 4. The van der Waals surface area contributed by atoms with Crippen LogP contribution in [0.3, 0.4) is 0 Å². The molecule has 1 aromatic rings. The molecule has 4 rings (SSSR count). The molecule has 154 valence electrons. The second-order valence-electron chi connectivity index (χ2n) is 8.41. The van der Waals surface area contributed by atoms with E-state index in [0.29, 0.717) is 11.8 Å². The summed E-state index contributed by atoms with van der Waals surface area (Å²) >= 11 is 0. The molecule has 0 bridgehead atoms. The van der Waals surface area contributed by atoms with Gasteiger partial charge in [0.1, 0.15) is 5.82 Å². The summed E-state index contributed by atoms with van der Waals surface area (Å²) < 4.78 is 5.67. The number of aliphatic hydroxyl groups is 1. The molecule has 1 aromatic heterocycles. The van der Waals surface area contributed by atoms with E-state index in [1.807, 2.05) is 12.3 Å². The first-order valence-corrected chi connectivity index (χ1v) is 10.3. The van der Waals surface area contributed by atoms with Crippen LogP contribution in [-0.4, -0.2) is 72.5 Å². The number of fused-ring (bicyclic) bond motifs is 1. The van der Waals surface area contributed by atoms with E-state index < -0.39 is 0 Å². The number of nitrogens with zero attached hydrogens (tertiary/aromatic N) is 4. The molecule has 3 fully saturated rings. The molecule has 1 amide bonds. The van der Waals surface area contributed by atoms with E-state index in [1.165, 1.54) is 0 Å². The molecular weight excluding hydrogens is 358 g/mol. The number of hydrogen-bond acceptors (Lipinski definition) is 7. The highest BCUT2D eigenvalue weighted by molar-refractivity contribution is 5.73. The molecule has 3 heterocycles. The Labute approximate surface area is 166 Å². The summed E-state index contributed by atoms with van der Waals surface area (Å²) in [6.45, 7) is 5.07. The SMILES string of the molecule is CO[C@@H]1C[C@H]2CN(c3nccc(N4CCC(O)CC4)n3)C[C@H]2C[C@H]1NC(C)=O. The third kappa shape index (κ3) is 4.07. The van der Waals surface area contributed by atoms with Gasteiger partial charge in [-0.25, -0.2) is 4.98 Å². The summed E-state index contributed by atoms with van der Waals surface area (Å²) in [4.78, 5) is 25.4. The molecule has 2 aliphatic heterocycles. The lowest BCUT2D eigenvalue weighted by molar-refractivity contribution is -0.121. The number of carbonyl (C=O) groups is 1. The minimum atomic E-state index is -0.190. The van der Waals surface area contributed by atoms with Crippen LogP contribution in [0.15, 0.2) is 12.3 Å². The number of amides is 1. The number of methoxy groups -OCH3 is 1. The van der Waals surface area contributed by atoms with Gasteiger partial charge in [0.2, 0.25) is 11.9 Å². The van der Waals surface area contributed by atoms with Crippen LogP contribution in [0.5, 0.6) is 0 Å². The molecule has 0 spiro atoms. The number of aromatic nitrogens is 2. The van der Waals surface area contributed by atoms with Crippen molar-refractivity contribution in [3.8, 4) is 0 Å². The normalized spacial score (nSPS) is 31.0. The Morgan fingerprint density at radius 3 is 2.61 bits per heavy atom. The van der Waals surface area contributed by atoms with E-state index in [0.717, 1.165) is 63.6 Å². The topological polar surface area (TPSA) is 90.8 Å². The molecule has 3 aliphatic rings. The van der Waals surface area contributed by atoms with Crippen LogP contribution >= 0.6 is 0 Å². The van der Waals surface area contributed by atoms with E-state index in [4.69, 9.17) is 9.72 Å². The second-order valence-corrected chi connectivity index (χ2v) is 8.41. The van der Waals surface area contributed by atoms with Gasteiger partial charge in [0, 0.05) is 46.4 Å². The summed E-state index contributed by atoms with van der Waals surface area (Å²) in [7, 11) is 1.73. The molecule has 8 nitrogen and oxygen atoms in total. The van der Waals surface area contributed by atoms with Crippen molar-refractivity contribution in [3.05, 3.63) is 12.3 Å². The molecule has 0 unspecified atom stereocenters. The number of anilines is 2. The average Bonchev–Trinajstić information content (AvgIpc) is 3.10. The quantitative estimate of drug-likeness (QED) is 0.787. The van der Waals surface area contributed by atoms with Crippen LogP contribution in [0.25, 0.3) is 0 Å². The monoisotopic (exact) mass is 389 g/mol. The number of hydrogen-bond donors (Lipinski definition) is 2. The standard InChI is InChI=1S/C20H31N5O3/c1-13(26)22-17-9-14-11-25(12-15(14)10-18(17)28-2)20-21-6-3-19(23-20)24-7-4-16(27)5-8-24/h3,6,14-18,27H,4-5,7-12H2,1-2H3,(H,22,26)/t14-,15+,17-,18-/m1/s1. The fourth-order valence-electron chi connectivity index (χ4n) is 5.01. The third-order valence-electron chi connectivity index (χ3n) is 6.51. The van der Waals surface area contributed by atoms with Crippen molar-refractivity contribution in [2.45, 2.75) is 50.9 Å². The predicted octanol–water partition coefficient (Wildman–Crippen LogP) is 0.804. The number of aliphatic hydroxyl groups excluding tert-OH is 1. The van der Waals surface area contributed by atoms with Crippen molar-refractivity contribution in [1.29, 1.82) is 0 Å². The molecule has 4 atom stereocenters. The average molecular weight is 390 g/mol. The molecule has 8 heteroatoms. The van der Waals surface area contributed by atoms with E-state index in [2.05, 4.69) is 20.1 Å². The third-order valence-corrected chi connectivity index (χ3v) is 6.51. The highest BCUT2D eigenvalue weighted by Crippen LogP contribution is 2.38. The van der Waals surface area contributed by atoms with Gasteiger partial charge in [0.25, 0.3) is 0 Å². The number of carbonyl (C=O) groups excluding carboxylic acids is 1. The minimum Gasteiger partial charge on any atom is -0.393 e. The van der Waals surface area contributed by atoms with Gasteiger partial charge in [-0.15, -0.1) is 0 Å². The van der Waals surface area contributed by atoms with E-state index in [1.54, 1.807) is 14.0 Å². The largest absolute Gasteiger partial charge is 0.393 e. The predicted molar refractivity (Wildman–Crippen MR) is 106 cm³/mol. The first kappa shape index (κ1) is 19.4. The first-order chi connectivity index (χ1) is 13.5. The van der Waals surface area contributed by atoms with Crippen LogP contribution < -0.4 is 15.1 Å². The molecular formula is C20H31N5O3. The van der Waals surface area contributed by atoms with Gasteiger partial charge >= 0.3 is 0 Å². The zero-order valence-corrected chi connectivity index (χ0v) is 16.8. The van der Waals surface area contributed by atoms with Crippen LogP contribution in [-0.2, 0) is 9.53 Å². The Morgan fingerprint density at radius 1 is 1.21 bits per heavy atom. The van der Waals surface area contributed by atoms with Gasteiger partial charge in [-0.3, -0.25) is 4.79 Å². The van der Waals surface area contributed by atoms with Crippen LogP contribution in [0.2, 0.25) is 0 Å². The Balaban J connectivity index is 1.44. The van der Waals surface area contributed by atoms with Gasteiger partial charge in [-0.05, 0) is 43.6 Å². The van der Waals surface area contributed by atoms with Gasteiger partial charge in [0.15, 0.2) is 0 Å². The number of piperidine rings is 1. The zero-order valence-electron chi connectivity index (χ0n) is 16.8. The Hall–Kier alpha value is -1.93. The van der Waals surface area contributed by atoms with Crippen molar-refractivity contribution in [2.75, 3.05) is 43.1 Å². The molecule has 28 heavy (non-hydrogen) atoms. The van der Waals surface area contributed by atoms with Crippen LogP contribution in [0.4, 0.5) is 11.8 Å². The first-order valence-electron chi connectivity index (χ1n) is 10.3. The summed E-state index contributed by atoms with van der Waals surface area (Å²) in [5.41, 5.74) is 0. The number of ether oxygens (including phenoxy) is 1. The maximum absolute atomic E-state index is 11.5. The zero-order chi connectivity index (χ0) is 19.7. The van der Waals surface area contributed by atoms with Crippen molar-refractivity contribution >= 4 is 17.7 Å². The fraction of sp³-hybridized carbons (Fsp3) is 0.750. The van der Waals surface area contributed by atoms with Crippen molar-refractivity contribution in [1.82, 2.24) is 15.3 Å². The van der Waals surface area contributed by atoms with E-state index in [9.17, 15) is 9.90 Å². The highest BCUT2D eigenvalue weighted by Gasteiger charge is 2.43. The van der Waals surface area contributed by atoms with E-state index >= 15 is 0 Å². The summed E-state index contributed by atoms with van der Waals surface area (Å²) in [6.07, 6.45) is 5.17. The summed E-state index contributed by atoms with van der Waals surface area (Å²) in [5, 5.41) is 12.8. The van der Waals surface area contributed by atoms with Gasteiger partial charge < -0.3 is 25.0 Å². The molecule has 0 radical (unpaired) electrons. The summed E-state index contributed by atoms with van der Waals surface area (Å²) in [5.74, 6) is 2.77. The molecule has 2 saturated heterocycles. The lowest BCUT2D eigenvalue weighted by atomic mass is 9.77. The van der Waals surface area contributed by atoms with E-state index in [-0.39, 0.29) is 24.2 Å². The highest BCUT2D eigenvalue weighted by atomic mass is 16.5. The van der Waals surface area contributed by atoms with Crippen molar-refractivity contribution in [3.63, 3.8) is 0 Å². The lowest BCUT2D eigenvalue weighted by Gasteiger charge is -2.37. The fourth-order valence-corrected chi connectivity index (χ4v) is 5.01. The van der Waals surface area contributed by atoms with Crippen LogP contribution in [0.1, 0.15) is 32.6 Å². The van der Waals surface area contributed by atoms with Crippen molar-refractivity contribution in [2.24, 2.45) is 11.8 Å². The molecule has 2 N–H and O–H groups in total. The lowest BCUT2D eigenvalue weighted by Crippen LogP contribution is -2.49. The second kappa shape index (κ2) is 8.21. The molecule has 1 saturated carbocycles. The number of nitrogens with one attached hydrogen (secondary N) is 1. The minimum absolute atomic E-state index is 0.00281. The van der Waals surface area contributed by atoms with Gasteiger partial charge in [0.05, 0.1) is 18.2 Å². The van der Waals surface area contributed by atoms with Gasteiger partial charge in [-0.2, -0.15) is 4.98 Å². The maximum atomic E-state index is 11.5. The molecule has 1 aliphatic carbocycles. The Bertz CT molecular complexity index is 694. The Kier molecular flexibility index (Phi) is 5.68. The maximum Gasteiger partial charge on any atom is 0.227 e.